The predicted octanol–water partition coefficient (Wildman–Crippen LogP) is 2.66. The molecule has 0 unspecified atom stereocenters. The Balaban J connectivity index is 2.56. The molecule has 1 saturated heterocycles. The molecule has 1 amide bonds. The van der Waals surface area contributed by atoms with Crippen LogP contribution in [0.2, 0.25) is 5.02 Å². The molecular formula is C11H7ClF3NO2. The van der Waals surface area contributed by atoms with Crippen LogP contribution in [0, 0.1) is 0 Å². The van der Waals surface area contributed by atoms with E-state index in [9.17, 15) is 22.8 Å². The molecule has 0 saturated carbocycles. The van der Waals surface area contributed by atoms with Crippen molar-refractivity contribution < 1.29 is 22.8 Å². The van der Waals surface area contributed by atoms with Crippen LogP contribution in [0.25, 0.3) is 0 Å². The number of carbonyl (C=O) groups is 2. The number of benzene rings is 1. The molecule has 0 aromatic heterocycles. The second kappa shape index (κ2) is 4.28. The number of alkyl halides is 3. The fraction of sp³-hybridized carbons (Fsp3) is 0.273. The molecule has 0 N–H and O–H groups in total. The van der Waals surface area contributed by atoms with E-state index >= 15 is 0 Å². The Hall–Kier alpha value is -1.56. The van der Waals surface area contributed by atoms with Crippen LogP contribution >= 0.6 is 11.6 Å². The zero-order chi connectivity index (χ0) is 13.5. The molecule has 1 aromatic rings. The van der Waals surface area contributed by atoms with Crippen molar-refractivity contribution in [1.82, 2.24) is 0 Å². The molecule has 7 heteroatoms. The van der Waals surface area contributed by atoms with E-state index in [0.717, 1.165) is 17.0 Å². The van der Waals surface area contributed by atoms with Gasteiger partial charge >= 0.3 is 6.18 Å². The number of para-hydroxylation sites is 1. The van der Waals surface area contributed by atoms with Gasteiger partial charge in [0.05, 0.1) is 29.2 Å². The Morgan fingerprint density at radius 3 is 2.39 bits per heavy atom. The van der Waals surface area contributed by atoms with Gasteiger partial charge in [-0.25, -0.2) is 0 Å². The summed E-state index contributed by atoms with van der Waals surface area (Å²) in [6.45, 7) is -0.369. The highest BCUT2D eigenvalue weighted by Gasteiger charge is 2.39. The maximum atomic E-state index is 12.8. The number of carbonyl (C=O) groups excluding carboxylic acids is 2. The number of halogens is 4. The summed E-state index contributed by atoms with van der Waals surface area (Å²) in [4.78, 5) is 23.4. The van der Waals surface area contributed by atoms with Crippen LogP contribution in [0.4, 0.5) is 18.9 Å². The van der Waals surface area contributed by atoms with Crippen LogP contribution in [-0.2, 0) is 15.8 Å². The molecule has 0 aliphatic carbocycles. The molecule has 0 radical (unpaired) electrons. The molecule has 96 valence electrons. The lowest BCUT2D eigenvalue weighted by molar-refractivity contribution is -0.137. The summed E-state index contributed by atoms with van der Waals surface area (Å²) in [6.07, 6.45) is -5.02. The zero-order valence-corrected chi connectivity index (χ0v) is 9.68. The van der Waals surface area contributed by atoms with E-state index in [4.69, 9.17) is 11.6 Å². The van der Waals surface area contributed by atoms with Gasteiger partial charge in [0.1, 0.15) is 0 Å². The second-order valence-electron chi connectivity index (χ2n) is 3.83. The highest BCUT2D eigenvalue weighted by atomic mass is 35.5. The first-order valence-corrected chi connectivity index (χ1v) is 5.36. The lowest BCUT2D eigenvalue weighted by Gasteiger charge is -2.21. The Morgan fingerprint density at radius 2 is 1.89 bits per heavy atom. The SMILES string of the molecule is O=C1CC(=O)N(c2c(Cl)cccc2C(F)(F)F)C1. The summed E-state index contributed by atoms with van der Waals surface area (Å²) in [6, 6.07) is 3.23. The lowest BCUT2D eigenvalue weighted by Crippen LogP contribution is -2.27. The Bertz CT molecular complexity index is 528. The summed E-state index contributed by atoms with van der Waals surface area (Å²) in [5.74, 6) is -1.09. The van der Waals surface area contributed by atoms with Crippen molar-refractivity contribution in [2.24, 2.45) is 0 Å². The van der Waals surface area contributed by atoms with E-state index < -0.39 is 29.1 Å². The molecule has 0 bridgehead atoms. The van der Waals surface area contributed by atoms with Gasteiger partial charge in [-0.1, -0.05) is 17.7 Å². The highest BCUT2D eigenvalue weighted by Crippen LogP contribution is 2.41. The van der Waals surface area contributed by atoms with Gasteiger partial charge in [0.15, 0.2) is 5.78 Å². The van der Waals surface area contributed by atoms with Crippen molar-refractivity contribution in [3.8, 4) is 0 Å². The van der Waals surface area contributed by atoms with Crippen molar-refractivity contribution in [3.05, 3.63) is 28.8 Å². The molecule has 1 fully saturated rings. The van der Waals surface area contributed by atoms with E-state index in [2.05, 4.69) is 0 Å². The number of rotatable bonds is 1. The average Bonchev–Trinajstić information content (AvgIpc) is 2.56. The number of hydrogen-bond acceptors (Lipinski definition) is 2. The molecule has 1 aromatic carbocycles. The Labute approximate surface area is 105 Å². The number of ketones is 1. The second-order valence-corrected chi connectivity index (χ2v) is 4.24. The normalized spacial score (nSPS) is 16.6. The largest absolute Gasteiger partial charge is 0.418 e. The van der Waals surface area contributed by atoms with Crippen LogP contribution in [0.15, 0.2) is 18.2 Å². The van der Waals surface area contributed by atoms with E-state index in [-0.39, 0.29) is 18.0 Å². The minimum Gasteiger partial charge on any atom is -0.302 e. The van der Waals surface area contributed by atoms with E-state index in [1.165, 1.54) is 6.07 Å². The molecule has 0 spiro atoms. The molecule has 1 aliphatic heterocycles. The van der Waals surface area contributed by atoms with Crippen molar-refractivity contribution in [2.75, 3.05) is 11.4 Å². The standard InChI is InChI=1S/C11H7ClF3NO2/c12-8-3-1-2-7(11(13,14)15)10(8)16-5-6(17)4-9(16)18/h1-3H,4-5H2. The van der Waals surface area contributed by atoms with Crippen LogP contribution in [0.3, 0.4) is 0 Å². The summed E-state index contributed by atoms with van der Waals surface area (Å²) in [5, 5.41) is -0.201. The minimum absolute atomic E-state index is 0.201. The topological polar surface area (TPSA) is 37.4 Å². The predicted molar refractivity (Wildman–Crippen MR) is 58.4 cm³/mol. The fourth-order valence-electron chi connectivity index (χ4n) is 1.81. The molecular weight excluding hydrogens is 271 g/mol. The first-order valence-electron chi connectivity index (χ1n) is 4.98. The van der Waals surface area contributed by atoms with Crippen molar-refractivity contribution in [1.29, 1.82) is 0 Å². The monoisotopic (exact) mass is 277 g/mol. The summed E-state index contributed by atoms with van der Waals surface area (Å²) >= 11 is 5.72. The van der Waals surface area contributed by atoms with Crippen LogP contribution in [0.1, 0.15) is 12.0 Å². The smallest absolute Gasteiger partial charge is 0.302 e. The van der Waals surface area contributed by atoms with Gasteiger partial charge in [0.2, 0.25) is 5.91 Å². The number of hydrogen-bond donors (Lipinski definition) is 0. The first kappa shape index (κ1) is 12.9. The first-order chi connectivity index (χ1) is 8.30. The van der Waals surface area contributed by atoms with Gasteiger partial charge in [-0.05, 0) is 12.1 Å². The third-order valence-electron chi connectivity index (χ3n) is 2.55. The van der Waals surface area contributed by atoms with Gasteiger partial charge in [0, 0.05) is 0 Å². The minimum atomic E-state index is -4.63. The molecule has 1 heterocycles. The van der Waals surface area contributed by atoms with Crippen molar-refractivity contribution >= 4 is 29.0 Å². The molecule has 2 rings (SSSR count). The third kappa shape index (κ3) is 2.20. The number of Topliss-reactive ketones (excluding diaryl/α,β-unsaturated/α-hetero) is 1. The van der Waals surface area contributed by atoms with E-state index in [0.29, 0.717) is 0 Å². The summed E-state index contributed by atoms with van der Waals surface area (Å²) in [7, 11) is 0. The van der Waals surface area contributed by atoms with Crippen LogP contribution < -0.4 is 4.90 Å². The maximum Gasteiger partial charge on any atom is 0.418 e. The number of anilines is 1. The zero-order valence-electron chi connectivity index (χ0n) is 8.92. The molecule has 3 nitrogen and oxygen atoms in total. The quantitative estimate of drug-likeness (QED) is 0.740. The van der Waals surface area contributed by atoms with Crippen molar-refractivity contribution in [2.45, 2.75) is 12.6 Å². The highest BCUT2D eigenvalue weighted by molar-refractivity contribution is 6.34. The fourth-order valence-corrected chi connectivity index (χ4v) is 2.08. The van der Waals surface area contributed by atoms with Gasteiger partial charge in [-0.3, -0.25) is 9.59 Å². The number of amides is 1. The summed E-state index contributed by atoms with van der Waals surface area (Å²) < 4.78 is 38.5. The molecule has 1 aliphatic rings. The van der Waals surface area contributed by atoms with E-state index in [1.54, 1.807) is 0 Å². The molecule has 18 heavy (non-hydrogen) atoms. The van der Waals surface area contributed by atoms with Gasteiger partial charge in [0.25, 0.3) is 0 Å². The van der Waals surface area contributed by atoms with Crippen molar-refractivity contribution in [3.63, 3.8) is 0 Å². The lowest BCUT2D eigenvalue weighted by atomic mass is 10.1. The van der Waals surface area contributed by atoms with Gasteiger partial charge < -0.3 is 4.90 Å². The summed E-state index contributed by atoms with van der Waals surface area (Å²) in [5.41, 5.74) is -1.46. The third-order valence-corrected chi connectivity index (χ3v) is 2.85. The van der Waals surface area contributed by atoms with Gasteiger partial charge in [-0.2, -0.15) is 13.2 Å². The Kier molecular flexibility index (Phi) is 3.06. The van der Waals surface area contributed by atoms with E-state index in [1.807, 2.05) is 0 Å². The van der Waals surface area contributed by atoms with Gasteiger partial charge in [-0.15, -0.1) is 0 Å². The van der Waals surface area contributed by atoms with Crippen LogP contribution in [0.5, 0.6) is 0 Å². The van der Waals surface area contributed by atoms with Crippen LogP contribution in [-0.4, -0.2) is 18.2 Å². The molecule has 0 atom stereocenters. The Morgan fingerprint density at radius 1 is 1.22 bits per heavy atom. The average molecular weight is 278 g/mol. The maximum absolute atomic E-state index is 12.8. The number of nitrogens with zero attached hydrogens (tertiary/aromatic N) is 1.